The van der Waals surface area contributed by atoms with Crippen LogP contribution in [0.4, 0.5) is 0 Å². The molecule has 0 aromatic carbocycles. The van der Waals surface area contributed by atoms with Crippen molar-refractivity contribution in [1.82, 2.24) is 15.2 Å². The maximum absolute atomic E-state index is 4.49. The van der Waals surface area contributed by atoms with E-state index in [1.54, 1.807) is 11.3 Å². The van der Waals surface area contributed by atoms with Crippen LogP contribution >= 0.6 is 23.7 Å². The van der Waals surface area contributed by atoms with E-state index in [2.05, 4.69) is 34.4 Å². The fraction of sp³-hybridized carbons (Fsp3) is 0.700. The lowest BCUT2D eigenvalue weighted by Crippen LogP contribution is -2.48. The molecule has 3 nitrogen and oxygen atoms in total. The molecule has 1 unspecified atom stereocenters. The van der Waals surface area contributed by atoms with Crippen LogP contribution in [0.5, 0.6) is 0 Å². The topological polar surface area (TPSA) is 28.2 Å². The first-order chi connectivity index (χ1) is 6.74. The van der Waals surface area contributed by atoms with Gasteiger partial charge in [-0.25, -0.2) is 4.98 Å². The molecule has 5 heteroatoms. The third-order valence-electron chi connectivity index (χ3n) is 2.51. The maximum Gasteiger partial charge on any atom is 0.0897 e. The van der Waals surface area contributed by atoms with E-state index in [0.29, 0.717) is 6.04 Å². The van der Waals surface area contributed by atoms with Crippen LogP contribution in [0.3, 0.4) is 0 Å². The van der Waals surface area contributed by atoms with Gasteiger partial charge in [-0.2, -0.15) is 0 Å². The first-order valence-corrected chi connectivity index (χ1v) is 5.99. The monoisotopic (exact) mass is 247 g/mol. The van der Waals surface area contributed by atoms with E-state index in [-0.39, 0.29) is 12.4 Å². The molecule has 2 heterocycles. The van der Waals surface area contributed by atoms with Crippen molar-refractivity contribution in [3.8, 4) is 0 Å². The summed E-state index contributed by atoms with van der Waals surface area (Å²) in [6, 6.07) is 0.614. The highest BCUT2D eigenvalue weighted by Gasteiger charge is 2.16. The fourth-order valence-corrected chi connectivity index (χ4v) is 2.47. The summed E-state index contributed by atoms with van der Waals surface area (Å²) in [6.07, 6.45) is 0. The minimum atomic E-state index is 0. The third kappa shape index (κ3) is 3.72. The van der Waals surface area contributed by atoms with Gasteiger partial charge in [-0.1, -0.05) is 0 Å². The normalized spacial score (nSPS) is 22.4. The Kier molecular flexibility index (Phi) is 4.99. The summed E-state index contributed by atoms with van der Waals surface area (Å²) in [5.74, 6) is 0. The molecular weight excluding hydrogens is 230 g/mol. The summed E-state index contributed by atoms with van der Waals surface area (Å²) in [4.78, 5) is 6.95. The Morgan fingerprint density at radius 3 is 3.07 bits per heavy atom. The lowest BCUT2D eigenvalue weighted by Gasteiger charge is -2.31. The molecule has 0 radical (unpaired) electrons. The van der Waals surface area contributed by atoms with E-state index in [1.807, 2.05) is 0 Å². The molecule has 1 fully saturated rings. The molecule has 0 spiro atoms. The third-order valence-corrected chi connectivity index (χ3v) is 3.33. The molecule has 1 aromatic rings. The van der Waals surface area contributed by atoms with Crippen molar-refractivity contribution in [2.24, 2.45) is 0 Å². The highest BCUT2D eigenvalue weighted by molar-refractivity contribution is 7.09. The fourth-order valence-electron chi connectivity index (χ4n) is 1.87. The van der Waals surface area contributed by atoms with Crippen LogP contribution in [0.1, 0.15) is 17.6 Å². The second-order valence-corrected chi connectivity index (χ2v) is 5.01. The number of halogens is 1. The van der Waals surface area contributed by atoms with Crippen LogP contribution in [0.25, 0.3) is 0 Å². The van der Waals surface area contributed by atoms with Crippen LogP contribution in [0.2, 0.25) is 0 Å². The van der Waals surface area contributed by atoms with Crippen LogP contribution < -0.4 is 5.32 Å². The van der Waals surface area contributed by atoms with E-state index in [9.17, 15) is 0 Å². The number of hydrogen-bond donors (Lipinski definition) is 1. The first kappa shape index (κ1) is 12.9. The Balaban J connectivity index is 0.00000112. The van der Waals surface area contributed by atoms with Gasteiger partial charge in [-0.15, -0.1) is 23.7 Å². The molecule has 1 N–H and O–H groups in total. The van der Waals surface area contributed by atoms with E-state index < -0.39 is 0 Å². The second-order valence-electron chi connectivity index (χ2n) is 3.95. The Hall–Kier alpha value is -0.160. The van der Waals surface area contributed by atoms with Crippen molar-refractivity contribution in [1.29, 1.82) is 0 Å². The lowest BCUT2D eigenvalue weighted by molar-refractivity contribution is 0.198. The summed E-state index contributed by atoms with van der Waals surface area (Å²) in [7, 11) is 0. The average molecular weight is 248 g/mol. The predicted molar refractivity (Wildman–Crippen MR) is 66.8 cm³/mol. The first-order valence-electron chi connectivity index (χ1n) is 5.11. The molecule has 2 rings (SSSR count). The van der Waals surface area contributed by atoms with Gasteiger partial charge in [0.15, 0.2) is 0 Å². The van der Waals surface area contributed by atoms with Crippen molar-refractivity contribution >= 4 is 23.7 Å². The van der Waals surface area contributed by atoms with Gasteiger partial charge in [0.25, 0.3) is 0 Å². The molecule has 1 aliphatic rings. The van der Waals surface area contributed by atoms with E-state index in [1.165, 1.54) is 10.7 Å². The number of piperazine rings is 1. The quantitative estimate of drug-likeness (QED) is 0.862. The summed E-state index contributed by atoms with van der Waals surface area (Å²) >= 11 is 1.74. The number of nitrogens with one attached hydrogen (secondary N) is 1. The van der Waals surface area contributed by atoms with Gasteiger partial charge in [0, 0.05) is 37.6 Å². The van der Waals surface area contributed by atoms with E-state index >= 15 is 0 Å². The number of thiazole rings is 1. The molecule has 0 saturated carbocycles. The largest absolute Gasteiger partial charge is 0.312 e. The van der Waals surface area contributed by atoms with Gasteiger partial charge in [-0.05, 0) is 13.8 Å². The second kappa shape index (κ2) is 5.80. The molecule has 0 amide bonds. The summed E-state index contributed by atoms with van der Waals surface area (Å²) in [6.45, 7) is 8.69. The van der Waals surface area contributed by atoms with Crippen molar-refractivity contribution in [2.45, 2.75) is 26.4 Å². The highest BCUT2D eigenvalue weighted by atomic mass is 35.5. The van der Waals surface area contributed by atoms with Gasteiger partial charge < -0.3 is 5.32 Å². The predicted octanol–water partition coefficient (Wildman–Crippen LogP) is 1.67. The maximum atomic E-state index is 4.49. The summed E-state index contributed by atoms with van der Waals surface area (Å²) < 4.78 is 0. The number of nitrogens with zero attached hydrogens (tertiary/aromatic N) is 2. The Bertz CT molecular complexity index is 303. The van der Waals surface area contributed by atoms with Crippen LogP contribution in [0, 0.1) is 6.92 Å². The molecule has 1 aromatic heterocycles. The van der Waals surface area contributed by atoms with Crippen molar-refractivity contribution in [3.63, 3.8) is 0 Å². The number of aromatic nitrogens is 1. The Morgan fingerprint density at radius 2 is 2.47 bits per heavy atom. The zero-order chi connectivity index (χ0) is 9.97. The molecular formula is C10H18ClN3S. The lowest BCUT2D eigenvalue weighted by atomic mass is 10.2. The SMILES string of the molecule is Cc1nc(CN2CCNC(C)C2)cs1.Cl. The minimum Gasteiger partial charge on any atom is -0.312 e. The Morgan fingerprint density at radius 1 is 1.67 bits per heavy atom. The zero-order valence-electron chi connectivity index (χ0n) is 9.19. The van der Waals surface area contributed by atoms with Crippen molar-refractivity contribution < 1.29 is 0 Å². The number of aryl methyl sites for hydroxylation is 1. The molecule has 0 aliphatic carbocycles. The van der Waals surface area contributed by atoms with Gasteiger partial charge in [0.2, 0.25) is 0 Å². The molecule has 1 aliphatic heterocycles. The van der Waals surface area contributed by atoms with Crippen LogP contribution in [-0.2, 0) is 6.54 Å². The standard InChI is InChI=1S/C10H17N3S.ClH/c1-8-5-13(4-3-11-8)6-10-7-14-9(2)12-10;/h7-8,11H,3-6H2,1-2H3;1H. The van der Waals surface area contributed by atoms with Crippen molar-refractivity contribution in [2.75, 3.05) is 19.6 Å². The van der Waals surface area contributed by atoms with Gasteiger partial charge >= 0.3 is 0 Å². The molecule has 86 valence electrons. The summed E-state index contributed by atoms with van der Waals surface area (Å²) in [5, 5.41) is 6.78. The summed E-state index contributed by atoms with van der Waals surface area (Å²) in [5.41, 5.74) is 1.22. The molecule has 15 heavy (non-hydrogen) atoms. The molecule has 1 atom stereocenters. The number of rotatable bonds is 2. The van der Waals surface area contributed by atoms with Gasteiger partial charge in [0.05, 0.1) is 10.7 Å². The molecule has 0 bridgehead atoms. The van der Waals surface area contributed by atoms with Crippen LogP contribution in [0.15, 0.2) is 5.38 Å². The van der Waals surface area contributed by atoms with Crippen LogP contribution in [-0.4, -0.2) is 35.6 Å². The van der Waals surface area contributed by atoms with E-state index in [0.717, 1.165) is 26.2 Å². The highest BCUT2D eigenvalue weighted by Crippen LogP contribution is 2.11. The van der Waals surface area contributed by atoms with Gasteiger partial charge in [0.1, 0.15) is 0 Å². The molecule has 1 saturated heterocycles. The van der Waals surface area contributed by atoms with E-state index in [4.69, 9.17) is 0 Å². The zero-order valence-corrected chi connectivity index (χ0v) is 10.8. The van der Waals surface area contributed by atoms with Crippen molar-refractivity contribution in [3.05, 3.63) is 16.1 Å². The Labute approximate surface area is 101 Å². The van der Waals surface area contributed by atoms with Gasteiger partial charge in [-0.3, -0.25) is 4.90 Å². The minimum absolute atomic E-state index is 0. The number of hydrogen-bond acceptors (Lipinski definition) is 4. The smallest absolute Gasteiger partial charge is 0.0897 e. The average Bonchev–Trinajstić information content (AvgIpc) is 2.51.